The van der Waals surface area contributed by atoms with E-state index < -0.39 is 5.97 Å². The average Bonchev–Trinajstić information content (AvgIpc) is 2.44. The Morgan fingerprint density at radius 3 is 2.40 bits per heavy atom. The second-order valence-corrected chi connectivity index (χ2v) is 5.17. The minimum absolute atomic E-state index is 0.265. The van der Waals surface area contributed by atoms with Gasteiger partial charge >= 0.3 is 5.97 Å². The number of hydrogen-bond donors (Lipinski definition) is 1. The molecule has 0 aromatic heterocycles. The predicted molar refractivity (Wildman–Crippen MR) is 81.8 cm³/mol. The number of carboxylic acids is 1. The van der Waals surface area contributed by atoms with Gasteiger partial charge in [-0.1, -0.05) is 54.1 Å². The quantitative estimate of drug-likeness (QED) is 0.785. The van der Waals surface area contributed by atoms with Gasteiger partial charge in [0.1, 0.15) is 0 Å². The number of benzene rings is 2. The Balaban J connectivity index is 1.94. The van der Waals surface area contributed by atoms with Gasteiger partial charge in [0.15, 0.2) is 0 Å². The molecule has 2 heteroatoms. The van der Waals surface area contributed by atoms with Crippen molar-refractivity contribution in [2.45, 2.75) is 32.6 Å². The number of unbranched alkanes of at least 4 members (excludes halogenated alkanes) is 1. The molecule has 0 unspecified atom stereocenters. The molecule has 0 amide bonds. The molecule has 0 saturated heterocycles. The standard InChI is InChI=1S/C18H20O2/c1-14-5-4-7-17(13-14)16-11-9-15(10-12-16)6-2-3-8-18(19)20/h4-5,7,9-13H,2-3,6,8H2,1H3,(H,19,20). The smallest absolute Gasteiger partial charge is 0.303 e. The van der Waals surface area contributed by atoms with E-state index in [2.05, 4.69) is 55.5 Å². The summed E-state index contributed by atoms with van der Waals surface area (Å²) in [6, 6.07) is 17.0. The van der Waals surface area contributed by atoms with E-state index in [0.29, 0.717) is 0 Å². The van der Waals surface area contributed by atoms with Crippen LogP contribution in [0.2, 0.25) is 0 Å². The molecule has 0 aliphatic heterocycles. The summed E-state index contributed by atoms with van der Waals surface area (Å²) in [5, 5.41) is 8.60. The van der Waals surface area contributed by atoms with Crippen LogP contribution in [0, 0.1) is 6.92 Å². The fraction of sp³-hybridized carbons (Fsp3) is 0.278. The normalized spacial score (nSPS) is 10.4. The third kappa shape index (κ3) is 4.23. The summed E-state index contributed by atoms with van der Waals surface area (Å²) in [5.41, 5.74) is 5.00. The lowest BCUT2D eigenvalue weighted by Gasteiger charge is -2.05. The summed E-state index contributed by atoms with van der Waals surface area (Å²) < 4.78 is 0. The zero-order valence-electron chi connectivity index (χ0n) is 11.8. The van der Waals surface area contributed by atoms with Crippen molar-refractivity contribution in [2.24, 2.45) is 0 Å². The van der Waals surface area contributed by atoms with Crippen LogP contribution < -0.4 is 0 Å². The average molecular weight is 268 g/mol. The molecule has 2 rings (SSSR count). The largest absolute Gasteiger partial charge is 0.481 e. The van der Waals surface area contributed by atoms with Gasteiger partial charge in [0.25, 0.3) is 0 Å². The highest BCUT2D eigenvalue weighted by molar-refractivity contribution is 5.66. The van der Waals surface area contributed by atoms with Crippen molar-refractivity contribution in [3.05, 3.63) is 59.7 Å². The van der Waals surface area contributed by atoms with Crippen LogP contribution in [0.15, 0.2) is 48.5 Å². The van der Waals surface area contributed by atoms with Gasteiger partial charge < -0.3 is 5.11 Å². The fourth-order valence-electron chi connectivity index (χ4n) is 2.29. The molecule has 2 aromatic rings. The van der Waals surface area contributed by atoms with E-state index in [1.54, 1.807) is 0 Å². The first-order valence-electron chi connectivity index (χ1n) is 7.03. The summed E-state index contributed by atoms with van der Waals surface area (Å²) in [6.45, 7) is 2.10. The molecule has 0 fully saturated rings. The Hall–Kier alpha value is -2.09. The Bertz CT molecular complexity index is 570. The van der Waals surface area contributed by atoms with Gasteiger partial charge in [-0.3, -0.25) is 4.79 Å². The van der Waals surface area contributed by atoms with Crippen LogP contribution in [0.25, 0.3) is 11.1 Å². The van der Waals surface area contributed by atoms with E-state index >= 15 is 0 Å². The Kier molecular flexibility index (Phi) is 4.94. The number of carbonyl (C=O) groups is 1. The highest BCUT2D eigenvalue weighted by Crippen LogP contribution is 2.21. The summed E-state index contributed by atoms with van der Waals surface area (Å²) in [7, 11) is 0. The van der Waals surface area contributed by atoms with Gasteiger partial charge in [-0.25, -0.2) is 0 Å². The monoisotopic (exact) mass is 268 g/mol. The number of carboxylic acid groups (broad SMARTS) is 1. The van der Waals surface area contributed by atoms with Crippen molar-refractivity contribution in [1.82, 2.24) is 0 Å². The first-order chi connectivity index (χ1) is 9.65. The Labute approximate surface area is 120 Å². The van der Waals surface area contributed by atoms with Crippen molar-refractivity contribution in [3.8, 4) is 11.1 Å². The van der Waals surface area contributed by atoms with Crippen molar-refractivity contribution in [2.75, 3.05) is 0 Å². The zero-order valence-corrected chi connectivity index (χ0v) is 11.8. The van der Waals surface area contributed by atoms with Gasteiger partial charge in [-0.05, 0) is 42.9 Å². The van der Waals surface area contributed by atoms with Gasteiger partial charge in [-0.2, -0.15) is 0 Å². The van der Waals surface area contributed by atoms with Crippen molar-refractivity contribution < 1.29 is 9.90 Å². The molecule has 0 aliphatic rings. The molecular formula is C18H20O2. The number of aryl methyl sites for hydroxylation is 2. The van der Waals surface area contributed by atoms with Crippen LogP contribution in [0.3, 0.4) is 0 Å². The zero-order chi connectivity index (χ0) is 14.4. The molecule has 1 N–H and O–H groups in total. The maximum Gasteiger partial charge on any atom is 0.303 e. The third-order valence-electron chi connectivity index (χ3n) is 3.41. The lowest BCUT2D eigenvalue weighted by Crippen LogP contribution is -1.94. The minimum atomic E-state index is -0.709. The molecule has 0 radical (unpaired) electrons. The lowest BCUT2D eigenvalue weighted by atomic mass is 10.0. The number of hydrogen-bond acceptors (Lipinski definition) is 1. The molecule has 0 saturated carbocycles. The van der Waals surface area contributed by atoms with Gasteiger partial charge in [-0.15, -0.1) is 0 Å². The fourth-order valence-corrected chi connectivity index (χ4v) is 2.29. The van der Waals surface area contributed by atoms with Crippen molar-refractivity contribution >= 4 is 5.97 Å². The van der Waals surface area contributed by atoms with E-state index in [9.17, 15) is 4.79 Å². The number of aliphatic carboxylic acids is 1. The molecule has 2 aromatic carbocycles. The minimum Gasteiger partial charge on any atom is -0.481 e. The highest BCUT2D eigenvalue weighted by Gasteiger charge is 2.00. The molecule has 2 nitrogen and oxygen atoms in total. The van der Waals surface area contributed by atoms with Crippen LogP contribution in [-0.2, 0) is 11.2 Å². The third-order valence-corrected chi connectivity index (χ3v) is 3.41. The SMILES string of the molecule is Cc1cccc(-c2ccc(CCCCC(=O)O)cc2)c1. The highest BCUT2D eigenvalue weighted by atomic mass is 16.4. The maximum atomic E-state index is 10.4. The van der Waals surface area contributed by atoms with Crippen molar-refractivity contribution in [1.29, 1.82) is 0 Å². The molecule has 0 heterocycles. The van der Waals surface area contributed by atoms with Crippen LogP contribution in [0.4, 0.5) is 0 Å². The van der Waals surface area contributed by atoms with E-state index in [1.165, 1.54) is 22.3 Å². The maximum absolute atomic E-state index is 10.4. The van der Waals surface area contributed by atoms with Crippen molar-refractivity contribution in [3.63, 3.8) is 0 Å². The second-order valence-electron chi connectivity index (χ2n) is 5.17. The summed E-state index contributed by atoms with van der Waals surface area (Å²) in [5.74, 6) is -0.709. The molecule has 104 valence electrons. The van der Waals surface area contributed by atoms with Gasteiger partial charge in [0.05, 0.1) is 0 Å². The summed E-state index contributed by atoms with van der Waals surface area (Å²) >= 11 is 0. The molecular weight excluding hydrogens is 248 g/mol. The van der Waals surface area contributed by atoms with Gasteiger partial charge in [0.2, 0.25) is 0 Å². The molecule has 20 heavy (non-hydrogen) atoms. The van der Waals surface area contributed by atoms with Crippen LogP contribution in [0.1, 0.15) is 30.4 Å². The summed E-state index contributed by atoms with van der Waals surface area (Å²) in [4.78, 5) is 10.4. The van der Waals surface area contributed by atoms with E-state index in [1.807, 2.05) is 0 Å². The topological polar surface area (TPSA) is 37.3 Å². The van der Waals surface area contributed by atoms with E-state index in [4.69, 9.17) is 5.11 Å². The molecule has 0 spiro atoms. The first-order valence-corrected chi connectivity index (χ1v) is 7.03. The second kappa shape index (κ2) is 6.90. The van der Waals surface area contributed by atoms with E-state index in [-0.39, 0.29) is 6.42 Å². The first kappa shape index (κ1) is 14.3. The van der Waals surface area contributed by atoms with Crippen LogP contribution in [0.5, 0.6) is 0 Å². The number of rotatable bonds is 6. The Morgan fingerprint density at radius 2 is 1.75 bits per heavy atom. The molecule has 0 atom stereocenters. The molecule has 0 aliphatic carbocycles. The summed E-state index contributed by atoms with van der Waals surface area (Å²) in [6.07, 6.45) is 2.88. The van der Waals surface area contributed by atoms with Crippen LogP contribution in [-0.4, -0.2) is 11.1 Å². The predicted octanol–water partition coefficient (Wildman–Crippen LogP) is 4.46. The molecule has 0 bridgehead atoms. The van der Waals surface area contributed by atoms with E-state index in [0.717, 1.165) is 19.3 Å². The van der Waals surface area contributed by atoms with Crippen LogP contribution >= 0.6 is 0 Å². The lowest BCUT2D eigenvalue weighted by molar-refractivity contribution is -0.137. The Morgan fingerprint density at radius 1 is 1.00 bits per heavy atom. The van der Waals surface area contributed by atoms with Gasteiger partial charge in [0, 0.05) is 6.42 Å².